The minimum Gasteiger partial charge on any atom is -0.411 e. The summed E-state index contributed by atoms with van der Waals surface area (Å²) in [5.74, 6) is -3.04. The first kappa shape index (κ1) is 90.8. The maximum absolute atomic E-state index is 13.4. The van der Waals surface area contributed by atoms with Crippen molar-refractivity contribution in [3.63, 3.8) is 0 Å². The quantitative estimate of drug-likeness (QED) is 0.0175. The molecule has 0 aliphatic heterocycles. The number of nitrogens with zero attached hydrogens (tertiary/aromatic N) is 2. The lowest BCUT2D eigenvalue weighted by atomic mass is 9.98. The summed E-state index contributed by atoms with van der Waals surface area (Å²) in [6.07, 6.45) is 8.54. The second-order valence-corrected chi connectivity index (χ2v) is 24.8. The zero-order valence-corrected chi connectivity index (χ0v) is 59.5. The van der Waals surface area contributed by atoms with Crippen LogP contribution in [0.1, 0.15) is 165 Å². The molecule has 0 aliphatic rings. The molecule has 97 heavy (non-hydrogen) atoms. The van der Waals surface area contributed by atoms with Crippen molar-refractivity contribution in [3.8, 4) is 0 Å². The number of nitrogens with two attached hydrogens (primary N) is 2. The van der Waals surface area contributed by atoms with Crippen LogP contribution < -0.4 is 59.3 Å². The van der Waals surface area contributed by atoms with Gasteiger partial charge in [-0.1, -0.05) is 37.0 Å². The Kier molecular flexibility index (Phi) is 54.9. The number of nitrogens with one attached hydrogen (secondary N) is 9. The van der Waals surface area contributed by atoms with Gasteiger partial charge >= 0.3 is 0 Å². The van der Waals surface area contributed by atoms with E-state index in [0.29, 0.717) is 187 Å². The molecule has 9 amide bonds. The summed E-state index contributed by atoms with van der Waals surface area (Å²) < 4.78 is 43.6. The first-order valence-electron chi connectivity index (χ1n) is 34.4. The highest BCUT2D eigenvalue weighted by molar-refractivity contribution is 5.91. The van der Waals surface area contributed by atoms with Crippen LogP contribution in [0.2, 0.25) is 0 Å². The normalized spacial score (nSPS) is 13.2. The number of amides is 9. The maximum Gasteiger partial charge on any atom is 0.246 e. The van der Waals surface area contributed by atoms with Gasteiger partial charge in [-0.05, 0) is 119 Å². The smallest absolute Gasteiger partial charge is 0.246 e. The lowest BCUT2D eigenvalue weighted by Crippen LogP contribution is -2.57. The van der Waals surface area contributed by atoms with Crippen LogP contribution in [0.25, 0.3) is 0 Å². The highest BCUT2D eigenvalue weighted by atomic mass is 16.6. The van der Waals surface area contributed by atoms with E-state index in [0.717, 1.165) is 12.8 Å². The molecule has 15 N–H and O–H groups in total. The molecule has 0 saturated carbocycles. The molecule has 0 bridgehead atoms. The van der Waals surface area contributed by atoms with Gasteiger partial charge in [0.25, 0.3) is 0 Å². The minimum absolute atomic E-state index is 0.0131. The van der Waals surface area contributed by atoms with Crippen molar-refractivity contribution >= 4 is 64.6 Å². The van der Waals surface area contributed by atoms with Gasteiger partial charge in [0.1, 0.15) is 25.9 Å². The fourth-order valence-electron chi connectivity index (χ4n) is 8.51. The molecular weight excluding hydrogens is 1270 g/mol. The monoisotopic (exact) mass is 1390 g/mol. The van der Waals surface area contributed by atoms with Gasteiger partial charge in [0, 0.05) is 96.7 Å². The number of unbranched alkanes of at least 4 members (excludes halogenated alkanes) is 4. The molecule has 0 unspecified atom stereocenters. The molecule has 32 heteroatoms. The predicted molar refractivity (Wildman–Crippen MR) is 365 cm³/mol. The average molecular weight is 1390 g/mol. The summed E-state index contributed by atoms with van der Waals surface area (Å²) in [6.45, 7) is 21.2. The Morgan fingerprint density at radius 1 is 0.381 bits per heavy atom. The topological polar surface area (TPSA) is 453 Å². The van der Waals surface area contributed by atoms with E-state index >= 15 is 0 Å². The molecule has 0 saturated heterocycles. The zero-order valence-electron chi connectivity index (χ0n) is 59.5. The second-order valence-electron chi connectivity index (χ2n) is 24.8. The van der Waals surface area contributed by atoms with Crippen molar-refractivity contribution in [3.05, 3.63) is 0 Å². The van der Waals surface area contributed by atoms with Gasteiger partial charge in [-0.2, -0.15) is 0 Å². The molecule has 0 aromatic heterocycles. The number of carbonyl (C=O) groups excluding carboxylic acids is 9. The van der Waals surface area contributed by atoms with Crippen molar-refractivity contribution < 1.29 is 91.5 Å². The van der Waals surface area contributed by atoms with Gasteiger partial charge in [0.2, 0.25) is 53.2 Å². The lowest BCUT2D eigenvalue weighted by Gasteiger charge is -2.32. The molecule has 0 aliphatic carbocycles. The van der Waals surface area contributed by atoms with Crippen molar-refractivity contribution in [2.24, 2.45) is 33.6 Å². The van der Waals surface area contributed by atoms with Crippen LogP contribution in [0.5, 0.6) is 0 Å². The van der Waals surface area contributed by atoms with E-state index in [1.54, 1.807) is 27.7 Å². The molecule has 0 heterocycles. The number of hydrogen-bond acceptors (Lipinski definition) is 23. The van der Waals surface area contributed by atoms with Crippen LogP contribution in [-0.2, 0) is 81.0 Å². The molecule has 3 atom stereocenters. The van der Waals surface area contributed by atoms with E-state index in [2.05, 4.69) is 58.2 Å². The zero-order chi connectivity index (χ0) is 72.4. The van der Waals surface area contributed by atoms with Crippen LogP contribution in [0.15, 0.2) is 10.3 Å². The molecule has 562 valence electrons. The number of hydrogen-bond donors (Lipinski definition) is 13. The molecule has 0 spiro atoms. The number of oxime groups is 2. The summed E-state index contributed by atoms with van der Waals surface area (Å²) >= 11 is 0. The maximum atomic E-state index is 13.4. The van der Waals surface area contributed by atoms with E-state index in [9.17, 15) is 53.6 Å². The third kappa shape index (κ3) is 53.4. The lowest BCUT2D eigenvalue weighted by molar-refractivity contribution is -0.129. The number of rotatable bonds is 66. The van der Waals surface area contributed by atoms with Gasteiger partial charge < -0.3 is 108 Å². The molecule has 0 aromatic rings. The van der Waals surface area contributed by atoms with E-state index in [1.165, 1.54) is 0 Å². The summed E-state index contributed by atoms with van der Waals surface area (Å²) in [5.41, 5.74) is 10.1. The highest BCUT2D eigenvalue weighted by Crippen LogP contribution is 2.11. The minimum atomic E-state index is -0.850. The fraction of sp³-hybridized carbons (Fsp3) is 0.831. The van der Waals surface area contributed by atoms with Gasteiger partial charge in [-0.25, -0.2) is 0 Å². The molecular formula is C65H123N13O19. The van der Waals surface area contributed by atoms with Crippen LogP contribution in [0, 0.1) is 11.8 Å². The predicted octanol–water partition coefficient (Wildman–Crippen LogP) is 0.981. The Balaban J connectivity index is 4.18. The molecule has 0 aromatic carbocycles. The Morgan fingerprint density at radius 3 is 1.11 bits per heavy atom. The van der Waals surface area contributed by atoms with Crippen molar-refractivity contribution in [2.75, 3.05) is 152 Å². The first-order valence-corrected chi connectivity index (χ1v) is 34.4. The Morgan fingerprint density at radius 2 is 0.711 bits per heavy atom. The van der Waals surface area contributed by atoms with E-state index in [-0.39, 0.29) is 131 Å². The number of primary amides is 2. The van der Waals surface area contributed by atoms with Crippen molar-refractivity contribution in [2.45, 2.75) is 188 Å². The van der Waals surface area contributed by atoms with Gasteiger partial charge in [0.15, 0.2) is 0 Å². The molecule has 0 radical (unpaired) electrons. The van der Waals surface area contributed by atoms with Gasteiger partial charge in [0.05, 0.1) is 94.6 Å². The number of carbonyl (C=O) groups is 9. The second kappa shape index (κ2) is 58.7. The average Bonchev–Trinajstić information content (AvgIpc) is 3.18. The number of ether oxygens (including phenoxy) is 8. The largest absolute Gasteiger partial charge is 0.411 e. The Labute approximate surface area is 574 Å². The summed E-state index contributed by atoms with van der Waals surface area (Å²) in [4.78, 5) is 111. The van der Waals surface area contributed by atoms with Crippen LogP contribution in [-0.4, -0.2) is 250 Å². The third-order valence-electron chi connectivity index (χ3n) is 15.6. The molecule has 0 rings (SSSR count). The summed E-state index contributed by atoms with van der Waals surface area (Å²) in [5, 5.41) is 51.8. The van der Waals surface area contributed by atoms with Gasteiger partial charge in [-0.15, -0.1) is 0 Å². The van der Waals surface area contributed by atoms with Crippen LogP contribution in [0.3, 0.4) is 0 Å². The Hall–Kier alpha value is -6.23. The SMILES string of the molecule is C/C(=N\O)C(C)(C)NCC(CNC(C)(C)/C(C)=N/O)NC(=O)CCCC(=O)N[C@@H](CCCCNC(=O)CCCCOCCOCC(=O)NCCCOCCOCCOCCCNC(=O)COCCOCCOCC(=O)NCCCC[C@H](C)C(N)=O)C(=O)NCCCC[C@H](C)C(N)=O. The van der Waals surface area contributed by atoms with Crippen molar-refractivity contribution in [1.82, 2.24) is 47.9 Å². The molecule has 0 fully saturated rings. The summed E-state index contributed by atoms with van der Waals surface area (Å²) in [7, 11) is 0. The summed E-state index contributed by atoms with van der Waals surface area (Å²) in [6, 6.07) is -1.29. The van der Waals surface area contributed by atoms with Crippen LogP contribution in [0.4, 0.5) is 0 Å². The highest BCUT2D eigenvalue weighted by Gasteiger charge is 2.28. The fourth-order valence-corrected chi connectivity index (χ4v) is 8.51. The van der Waals surface area contributed by atoms with Crippen molar-refractivity contribution in [1.29, 1.82) is 0 Å². The third-order valence-corrected chi connectivity index (χ3v) is 15.6. The van der Waals surface area contributed by atoms with E-state index < -0.39 is 29.1 Å². The van der Waals surface area contributed by atoms with E-state index in [4.69, 9.17) is 49.4 Å². The van der Waals surface area contributed by atoms with Gasteiger partial charge in [-0.3, -0.25) is 43.2 Å². The standard InChI is InChI=1S/C65H123N13O19/c1-49(61(66)85)20-9-13-27-69-58(82)46-96-42-39-94-40-43-97-48-60(84)71-30-19-33-92-35-37-93-36-34-91-32-18-29-70-59(83)47-95-41-38-90-31-16-12-23-55(79)68-26-15-11-22-54(63(87)72-28-14-10-21-50(2)62(67)86)76-57(81)25-17-24-56(80)75-53(44-73-64(5,6)51(3)77-88)45-74-65(7,8)52(4)78-89/h49-50,53-54,73-74,88-89H,9-48H2,1-8H3,(H2,66,85)(H2,67,86)(H,68,79)(H,69,82)(H,70,83)(H,71,84)(H,72,87)(H,75,80)(H,76,81)/b77-51+,78-52+/t49-,50-,54-/m0/s1. The first-order chi connectivity index (χ1) is 46.3. The van der Waals surface area contributed by atoms with Crippen LogP contribution >= 0.6 is 0 Å². The molecule has 32 nitrogen and oxygen atoms in total. The van der Waals surface area contributed by atoms with E-state index in [1.807, 2.05) is 27.7 Å². The Bertz CT molecular complexity index is 2220.